The van der Waals surface area contributed by atoms with Crippen LogP contribution in [-0.4, -0.2) is 194 Å². The Hall–Kier alpha value is -8.16. The average molecular weight is 1400 g/mol. The van der Waals surface area contributed by atoms with E-state index >= 15 is 0 Å². The van der Waals surface area contributed by atoms with Crippen LogP contribution in [0.4, 0.5) is 15.7 Å². The van der Waals surface area contributed by atoms with Crippen molar-refractivity contribution in [1.82, 2.24) is 34.9 Å². The number of carbonyl (C=O) groups is 6. The van der Waals surface area contributed by atoms with Gasteiger partial charge in [0.25, 0.3) is 16.0 Å². The van der Waals surface area contributed by atoms with Crippen molar-refractivity contribution in [2.45, 2.75) is 160 Å². The van der Waals surface area contributed by atoms with Gasteiger partial charge in [0, 0.05) is 80.6 Å². The van der Waals surface area contributed by atoms with E-state index in [0.29, 0.717) is 84.9 Å². The van der Waals surface area contributed by atoms with Crippen LogP contribution in [0, 0.1) is 23.2 Å². The highest BCUT2D eigenvalue weighted by molar-refractivity contribution is 7.85. The molecule has 29 heteroatoms. The number of aliphatic carboxylic acids is 1. The number of aryl methyl sites for hydroxylation is 1. The van der Waals surface area contributed by atoms with Gasteiger partial charge in [-0.05, 0) is 147 Å². The Labute approximate surface area is 576 Å². The van der Waals surface area contributed by atoms with E-state index in [9.17, 15) is 57.6 Å². The van der Waals surface area contributed by atoms with Crippen molar-refractivity contribution in [3.8, 4) is 16.9 Å². The number of rotatable bonds is 28. The molecule has 3 aromatic carbocycles. The summed E-state index contributed by atoms with van der Waals surface area (Å²) in [5.74, 6) is -3.39. The van der Waals surface area contributed by atoms with E-state index in [1.54, 1.807) is 43.6 Å². The van der Waals surface area contributed by atoms with Crippen LogP contribution in [0.1, 0.15) is 133 Å². The molecule has 7 aliphatic rings. The number of nitrogens with one attached hydrogen (secondary N) is 2. The number of ether oxygens (including phenoxy) is 5. The van der Waals surface area contributed by atoms with Gasteiger partial charge in [0.1, 0.15) is 24.3 Å². The number of thiazole rings is 1. The summed E-state index contributed by atoms with van der Waals surface area (Å²) >= 11 is 1.41. The number of aromatic carboxylic acids is 1. The molecule has 3 aromatic heterocycles. The van der Waals surface area contributed by atoms with Crippen LogP contribution in [0.15, 0.2) is 79.0 Å². The monoisotopic (exact) mass is 1400 g/mol. The zero-order valence-corrected chi connectivity index (χ0v) is 57.5. The molecular weight excluding hydrogens is 1320 g/mol. The summed E-state index contributed by atoms with van der Waals surface area (Å²) in [6, 6.07) is 21.8. The minimum absolute atomic E-state index is 0.0156. The topological polar surface area (TPSA) is 361 Å². The van der Waals surface area contributed by atoms with Gasteiger partial charge in [-0.2, -0.15) is 13.5 Å². The lowest BCUT2D eigenvalue weighted by atomic mass is 9.39. The molecule has 0 spiro atoms. The van der Waals surface area contributed by atoms with Crippen molar-refractivity contribution >= 4 is 78.4 Å². The van der Waals surface area contributed by atoms with Gasteiger partial charge < -0.3 is 64.1 Å². The standard InChI is InChI=1S/C70H85N9O18S2/c1-42-49(47-18-19-56(74-59(47)63(87)88)77-23-21-44-11-9-12-48(50(44)31-77)61(84)75-65-73-51-13-5-6-14-55(51)98-65)30-72-79(42)41-69-36-67(2)35-68(3,37-69)39-70(38-67,40-69)95-25-24-76(4)66(89)94-33-45-16-15-43(28-53(45)96-64-60(83)52(80)29-54(97-64)62(85)86)10-7-8-22-71-57(81)32-78-46(17-20-58(78)82)34-93-26-27-99(90,91)92/h5-6,9,11-16,18-19,28,30,46,52,54,60,64,80,83H,7-8,10,17,20-27,29,31-41H2,1-4H3,(H,71,81)(H,85,86)(H,87,88)(H,73,75,84)(H,90,91,92)/t46-,52-,54-,60+,64+,67?,68?,69?,70?/m0/s1. The maximum Gasteiger partial charge on any atom is 0.409 e. The Morgan fingerprint density at radius 3 is 2.44 bits per heavy atom. The molecule has 2 unspecified atom stereocenters. The second-order valence-corrected chi connectivity index (χ2v) is 31.1. The highest BCUT2D eigenvalue weighted by Crippen LogP contribution is 2.72. The summed E-state index contributed by atoms with van der Waals surface area (Å²) in [6.07, 6.45) is 2.85. The molecule has 4 amide bonds. The molecule has 7 N–H and O–H groups in total. The molecule has 13 rings (SSSR count). The zero-order valence-electron chi connectivity index (χ0n) is 55.9. The first-order valence-corrected chi connectivity index (χ1v) is 36.0. The van der Waals surface area contributed by atoms with Crippen molar-refractivity contribution in [1.29, 1.82) is 0 Å². The van der Waals surface area contributed by atoms with E-state index in [1.165, 1.54) is 21.1 Å². The van der Waals surface area contributed by atoms with Crippen molar-refractivity contribution < 1.29 is 85.8 Å². The van der Waals surface area contributed by atoms with Crippen LogP contribution in [0.5, 0.6) is 5.75 Å². The summed E-state index contributed by atoms with van der Waals surface area (Å²) in [6.45, 7) is 8.14. The zero-order chi connectivity index (χ0) is 70.2. The Bertz CT molecular complexity index is 4130. The summed E-state index contributed by atoms with van der Waals surface area (Å²) in [4.78, 5) is 92.4. The Balaban J connectivity index is 0.658. The molecule has 2 saturated heterocycles. The molecule has 6 fully saturated rings. The molecule has 3 aliphatic heterocycles. The fourth-order valence-electron chi connectivity index (χ4n) is 16.8. The first kappa shape index (κ1) is 70.7. The number of aliphatic hydroxyl groups excluding tert-OH is 2. The number of anilines is 2. The van der Waals surface area contributed by atoms with Gasteiger partial charge in [0.05, 0.1) is 66.3 Å². The van der Waals surface area contributed by atoms with Crippen LogP contribution < -0.4 is 20.3 Å². The summed E-state index contributed by atoms with van der Waals surface area (Å²) < 4.78 is 64.0. The number of hydrogen-bond acceptors (Lipinski definition) is 20. The Kier molecular flexibility index (Phi) is 20.6. The first-order valence-electron chi connectivity index (χ1n) is 33.6. The Morgan fingerprint density at radius 2 is 1.69 bits per heavy atom. The Morgan fingerprint density at radius 1 is 0.899 bits per heavy atom. The minimum Gasteiger partial charge on any atom is -0.479 e. The van der Waals surface area contributed by atoms with Crippen LogP contribution in [0.3, 0.4) is 0 Å². The number of amides is 4. The van der Waals surface area contributed by atoms with E-state index in [-0.39, 0.29) is 104 Å². The SMILES string of the molecule is Cc1c(-c2ccc(N3CCc4cccc(C(=O)Nc5nc6ccccc6s5)c4C3)nc2C(=O)O)cnn1CC12CC3(C)CC(C)(C1)CC(OCCN(C)C(=O)OCc1ccc(CCCCNC(=O)CN4C(=O)CC[C@H]4COCCS(=O)(=O)O)cc1O[C@@H]1O[C@H](C(=O)O)C[C@H](O)[C@H]1O)(C3)C2. The highest BCUT2D eigenvalue weighted by Gasteiger charge is 2.66. The number of benzene rings is 3. The highest BCUT2D eigenvalue weighted by atomic mass is 32.2. The van der Waals surface area contributed by atoms with Gasteiger partial charge >= 0.3 is 18.0 Å². The number of para-hydroxylation sites is 1. The van der Waals surface area contributed by atoms with Crippen LogP contribution in [0.25, 0.3) is 21.3 Å². The number of likely N-dealkylation sites (N-methyl/N-ethyl adjacent to an activating group) is 1. The van der Waals surface area contributed by atoms with E-state index in [4.69, 9.17) is 38.3 Å². The third kappa shape index (κ3) is 16.2. The molecule has 99 heavy (non-hydrogen) atoms. The maximum absolute atomic E-state index is 13.8. The molecule has 4 saturated carbocycles. The van der Waals surface area contributed by atoms with Gasteiger partial charge in [0.2, 0.25) is 18.1 Å². The van der Waals surface area contributed by atoms with Gasteiger partial charge in [-0.25, -0.2) is 24.4 Å². The van der Waals surface area contributed by atoms with Crippen LogP contribution >= 0.6 is 11.3 Å². The molecule has 4 aliphatic carbocycles. The number of pyridine rings is 1. The number of hydrogen-bond donors (Lipinski definition) is 7. The van der Waals surface area contributed by atoms with E-state index in [0.717, 1.165) is 71.1 Å². The number of nitrogens with zero attached hydrogens (tertiary/aromatic N) is 7. The van der Waals surface area contributed by atoms with E-state index < -0.39 is 70.1 Å². The number of aliphatic hydroxyl groups is 2. The number of carboxylic acids is 2. The third-order valence-electron chi connectivity index (χ3n) is 20.3. The number of likely N-dealkylation sites (tertiary alicyclic amines) is 1. The van der Waals surface area contributed by atoms with Gasteiger partial charge in [-0.15, -0.1) is 0 Å². The number of carboxylic acid groups (broad SMARTS) is 2. The van der Waals surface area contributed by atoms with Gasteiger partial charge in [-0.1, -0.05) is 61.6 Å². The maximum atomic E-state index is 13.8. The molecule has 0 radical (unpaired) electrons. The van der Waals surface area contributed by atoms with Gasteiger partial charge in [0.15, 0.2) is 16.9 Å². The number of fused-ring (bicyclic) bond motifs is 2. The fraction of sp³-hybridized carbons (Fsp3) is 0.529. The fourth-order valence-corrected chi connectivity index (χ4v) is 18.0. The summed E-state index contributed by atoms with van der Waals surface area (Å²) in [5.41, 5.74) is 5.40. The molecule has 530 valence electrons. The smallest absolute Gasteiger partial charge is 0.409 e. The molecule has 6 aromatic rings. The van der Waals surface area contributed by atoms with Crippen molar-refractivity contribution in [2.24, 2.45) is 16.2 Å². The largest absolute Gasteiger partial charge is 0.479 e. The lowest BCUT2D eigenvalue weighted by Gasteiger charge is -2.69. The lowest BCUT2D eigenvalue weighted by molar-refractivity contribution is -0.248. The number of aromatic nitrogens is 4. The molecule has 4 bridgehead atoms. The lowest BCUT2D eigenvalue weighted by Crippen LogP contribution is -2.64. The second kappa shape index (κ2) is 28.8. The predicted octanol–water partition coefficient (Wildman–Crippen LogP) is 7.42. The van der Waals surface area contributed by atoms with Gasteiger partial charge in [-0.3, -0.25) is 28.9 Å². The predicted molar refractivity (Wildman–Crippen MR) is 362 cm³/mol. The van der Waals surface area contributed by atoms with E-state index in [2.05, 4.69) is 29.5 Å². The van der Waals surface area contributed by atoms with E-state index in [1.807, 2.05) is 59.0 Å². The normalized spacial score (nSPS) is 25.6. The van der Waals surface area contributed by atoms with Crippen LogP contribution in [-0.2, 0) is 76.0 Å². The van der Waals surface area contributed by atoms with Crippen LogP contribution in [0.2, 0.25) is 0 Å². The quantitative estimate of drug-likeness (QED) is 0.0185. The van der Waals surface area contributed by atoms with Crippen molar-refractivity contribution in [3.63, 3.8) is 0 Å². The summed E-state index contributed by atoms with van der Waals surface area (Å²) in [5, 5.41) is 53.3. The second-order valence-electron chi connectivity index (χ2n) is 28.5. The minimum atomic E-state index is -4.21. The summed E-state index contributed by atoms with van der Waals surface area (Å²) in [7, 11) is -2.59. The van der Waals surface area contributed by atoms with Crippen molar-refractivity contribution in [2.75, 3.05) is 69.0 Å². The average Bonchev–Trinajstić information content (AvgIpc) is 0.808. The van der Waals surface area contributed by atoms with Crippen molar-refractivity contribution in [3.05, 3.63) is 118 Å². The molecular formula is C70H85N9O18S2. The molecule has 6 heterocycles. The number of carbonyl (C=O) groups excluding carboxylic acids is 4. The number of unbranched alkanes of at least 4 members (excludes halogenated alkanes) is 1. The molecule has 7 atom stereocenters. The first-order chi connectivity index (χ1) is 47.1. The molecule has 27 nitrogen and oxygen atoms in total. The third-order valence-corrected chi connectivity index (χ3v) is 22.0.